The summed E-state index contributed by atoms with van der Waals surface area (Å²) in [6, 6.07) is 1.54. The molecule has 0 aliphatic carbocycles. The first kappa shape index (κ1) is 17.1. The average molecular weight is 355 g/mol. The van der Waals surface area contributed by atoms with Crippen molar-refractivity contribution in [2.24, 2.45) is 0 Å². The highest BCUT2D eigenvalue weighted by Crippen LogP contribution is 2.29. The van der Waals surface area contributed by atoms with Crippen molar-refractivity contribution in [3.05, 3.63) is 29.4 Å². The van der Waals surface area contributed by atoms with Gasteiger partial charge in [0.1, 0.15) is 22.5 Å². The molecule has 8 nitrogen and oxygen atoms in total. The second-order valence-electron chi connectivity index (χ2n) is 6.13. The summed E-state index contributed by atoms with van der Waals surface area (Å²) in [6.07, 6.45) is -0.568. The van der Waals surface area contributed by atoms with E-state index in [0.717, 1.165) is 0 Å². The lowest BCUT2D eigenvalue weighted by atomic mass is 10.2. The number of sulfonamides is 1. The summed E-state index contributed by atoms with van der Waals surface area (Å²) in [5.41, 5.74) is 0. The summed E-state index contributed by atoms with van der Waals surface area (Å²) in [7, 11) is -3.65. The van der Waals surface area contributed by atoms with Crippen LogP contribution in [0.3, 0.4) is 0 Å². The zero-order valence-corrected chi connectivity index (χ0v) is 15.0. The van der Waals surface area contributed by atoms with E-state index in [4.69, 9.17) is 13.6 Å². The molecule has 0 radical (unpaired) electrons. The highest BCUT2D eigenvalue weighted by Gasteiger charge is 2.35. The number of aromatic nitrogens is 2. The van der Waals surface area contributed by atoms with E-state index in [1.54, 1.807) is 19.9 Å². The maximum atomic E-state index is 12.9. The number of aryl methyl sites for hydroxylation is 2. The molecule has 9 heteroatoms. The van der Waals surface area contributed by atoms with E-state index < -0.39 is 16.1 Å². The number of ether oxygens (including phenoxy) is 1. The molecule has 1 aliphatic heterocycles. The van der Waals surface area contributed by atoms with Crippen molar-refractivity contribution >= 4 is 10.0 Å². The molecule has 1 fully saturated rings. The van der Waals surface area contributed by atoms with Crippen LogP contribution >= 0.6 is 0 Å². The summed E-state index contributed by atoms with van der Waals surface area (Å²) in [5.74, 6) is 1.87. The summed E-state index contributed by atoms with van der Waals surface area (Å²) in [5, 5.41) is 7.96. The predicted octanol–water partition coefficient (Wildman–Crippen LogP) is 2.17. The summed E-state index contributed by atoms with van der Waals surface area (Å²) in [6.45, 7) is 7.92. The molecule has 0 amide bonds. The molecule has 0 N–H and O–H groups in total. The molecule has 1 saturated heterocycles. The van der Waals surface area contributed by atoms with Crippen molar-refractivity contribution in [3.8, 4) is 0 Å². The molecule has 0 aromatic carbocycles. The van der Waals surface area contributed by atoms with Crippen molar-refractivity contribution in [1.82, 2.24) is 14.5 Å². The van der Waals surface area contributed by atoms with Crippen LogP contribution < -0.4 is 0 Å². The standard InChI is InChI=1S/C15H21N3O5S/c1-9(2)14-16-17-15(23-14)12-8-18(5-6-21-12)24(19,20)13-7-10(3)22-11(13)4/h7,9,12H,5-6,8H2,1-4H3. The molecule has 24 heavy (non-hydrogen) atoms. The smallest absolute Gasteiger partial charge is 0.246 e. The second kappa shape index (κ2) is 6.30. The van der Waals surface area contributed by atoms with Gasteiger partial charge in [-0.3, -0.25) is 0 Å². The lowest BCUT2D eigenvalue weighted by molar-refractivity contribution is -0.0179. The van der Waals surface area contributed by atoms with Gasteiger partial charge in [-0.15, -0.1) is 10.2 Å². The van der Waals surface area contributed by atoms with Crippen molar-refractivity contribution in [3.63, 3.8) is 0 Å². The molecule has 1 aliphatic rings. The minimum atomic E-state index is -3.65. The van der Waals surface area contributed by atoms with Crippen LogP contribution in [0.15, 0.2) is 19.8 Å². The Kier molecular flexibility index (Phi) is 4.50. The third-order valence-electron chi connectivity index (χ3n) is 3.87. The second-order valence-corrected chi connectivity index (χ2v) is 8.04. The monoisotopic (exact) mass is 355 g/mol. The SMILES string of the molecule is Cc1cc(S(=O)(=O)N2CCOC(c3nnc(C(C)C)o3)C2)c(C)o1. The number of furan rings is 1. The average Bonchev–Trinajstić information content (AvgIpc) is 3.14. The Labute approximate surface area is 140 Å². The quantitative estimate of drug-likeness (QED) is 0.828. The van der Waals surface area contributed by atoms with E-state index >= 15 is 0 Å². The molecular formula is C15H21N3O5S. The van der Waals surface area contributed by atoms with E-state index in [2.05, 4.69) is 10.2 Å². The van der Waals surface area contributed by atoms with Gasteiger partial charge in [-0.05, 0) is 19.9 Å². The van der Waals surface area contributed by atoms with Crippen LogP contribution in [0, 0.1) is 13.8 Å². The first-order chi connectivity index (χ1) is 11.3. The van der Waals surface area contributed by atoms with Gasteiger partial charge in [0.25, 0.3) is 0 Å². The zero-order valence-electron chi connectivity index (χ0n) is 14.1. The summed E-state index contributed by atoms with van der Waals surface area (Å²) >= 11 is 0. The molecule has 3 rings (SSSR count). The fourth-order valence-corrected chi connectivity index (χ4v) is 4.25. The normalized spacial score (nSPS) is 20.0. The van der Waals surface area contributed by atoms with Gasteiger partial charge in [0.2, 0.25) is 21.8 Å². The van der Waals surface area contributed by atoms with Gasteiger partial charge in [0.05, 0.1) is 6.61 Å². The zero-order chi connectivity index (χ0) is 17.5. The Morgan fingerprint density at radius 1 is 1.25 bits per heavy atom. The number of hydrogen-bond donors (Lipinski definition) is 0. The van der Waals surface area contributed by atoms with Gasteiger partial charge in [0.15, 0.2) is 0 Å². The molecular weight excluding hydrogens is 334 g/mol. The van der Waals surface area contributed by atoms with E-state index in [1.165, 1.54) is 4.31 Å². The summed E-state index contributed by atoms with van der Waals surface area (Å²) < 4.78 is 43.7. The van der Waals surface area contributed by atoms with Crippen LogP contribution in [0.25, 0.3) is 0 Å². The molecule has 1 unspecified atom stereocenters. The van der Waals surface area contributed by atoms with E-state index in [9.17, 15) is 8.42 Å². The van der Waals surface area contributed by atoms with Crippen molar-refractivity contribution in [1.29, 1.82) is 0 Å². The van der Waals surface area contributed by atoms with Crippen LogP contribution in [0.4, 0.5) is 0 Å². The van der Waals surface area contributed by atoms with Crippen LogP contribution in [0.5, 0.6) is 0 Å². The fourth-order valence-electron chi connectivity index (χ4n) is 2.61. The van der Waals surface area contributed by atoms with Gasteiger partial charge in [-0.2, -0.15) is 4.31 Å². The van der Waals surface area contributed by atoms with Crippen LogP contribution in [-0.4, -0.2) is 42.6 Å². The molecule has 132 valence electrons. The molecule has 3 heterocycles. The minimum absolute atomic E-state index is 0.103. The van der Waals surface area contributed by atoms with Crippen molar-refractivity contribution < 1.29 is 22.0 Å². The molecule has 1 atom stereocenters. The first-order valence-corrected chi connectivity index (χ1v) is 9.25. The van der Waals surface area contributed by atoms with Gasteiger partial charge < -0.3 is 13.6 Å². The lowest BCUT2D eigenvalue weighted by Gasteiger charge is -2.30. The van der Waals surface area contributed by atoms with Crippen molar-refractivity contribution in [2.75, 3.05) is 19.7 Å². The Bertz CT molecular complexity index is 824. The molecule has 0 saturated carbocycles. The molecule has 0 bridgehead atoms. The third-order valence-corrected chi connectivity index (χ3v) is 5.84. The van der Waals surface area contributed by atoms with Crippen LogP contribution in [-0.2, 0) is 14.8 Å². The maximum Gasteiger partial charge on any atom is 0.246 e. The summed E-state index contributed by atoms with van der Waals surface area (Å²) in [4.78, 5) is 0.189. The fraction of sp³-hybridized carbons (Fsp3) is 0.600. The topological polar surface area (TPSA) is 98.7 Å². The predicted molar refractivity (Wildman–Crippen MR) is 84.0 cm³/mol. The van der Waals surface area contributed by atoms with Crippen molar-refractivity contribution in [2.45, 2.75) is 44.6 Å². The largest absolute Gasteiger partial charge is 0.465 e. The number of nitrogens with zero attached hydrogens (tertiary/aromatic N) is 3. The Morgan fingerprint density at radius 3 is 2.58 bits per heavy atom. The Balaban J connectivity index is 1.83. The molecule has 2 aromatic rings. The van der Waals surface area contributed by atoms with Gasteiger partial charge in [0, 0.05) is 19.0 Å². The number of hydrogen-bond acceptors (Lipinski definition) is 7. The Hall–Kier alpha value is -1.71. The van der Waals surface area contributed by atoms with E-state index in [-0.39, 0.29) is 30.5 Å². The van der Waals surface area contributed by atoms with Gasteiger partial charge in [-0.25, -0.2) is 8.42 Å². The minimum Gasteiger partial charge on any atom is -0.465 e. The van der Waals surface area contributed by atoms with Gasteiger partial charge in [-0.1, -0.05) is 13.8 Å². The van der Waals surface area contributed by atoms with E-state index in [0.29, 0.717) is 23.3 Å². The maximum absolute atomic E-state index is 12.9. The number of rotatable bonds is 4. The van der Waals surface area contributed by atoms with Gasteiger partial charge >= 0.3 is 0 Å². The molecule has 0 spiro atoms. The highest BCUT2D eigenvalue weighted by atomic mass is 32.2. The Morgan fingerprint density at radius 2 is 2.00 bits per heavy atom. The van der Waals surface area contributed by atoms with Crippen LogP contribution in [0.2, 0.25) is 0 Å². The first-order valence-electron chi connectivity index (χ1n) is 7.81. The lowest BCUT2D eigenvalue weighted by Crippen LogP contribution is -2.42. The highest BCUT2D eigenvalue weighted by molar-refractivity contribution is 7.89. The number of morpholine rings is 1. The molecule has 2 aromatic heterocycles. The third kappa shape index (κ3) is 3.11. The van der Waals surface area contributed by atoms with E-state index in [1.807, 2.05) is 13.8 Å². The van der Waals surface area contributed by atoms with Crippen LogP contribution in [0.1, 0.15) is 49.2 Å².